The highest BCUT2D eigenvalue weighted by molar-refractivity contribution is 7.89. The van der Waals surface area contributed by atoms with Gasteiger partial charge in [-0.3, -0.25) is 0 Å². The van der Waals surface area contributed by atoms with E-state index in [0.29, 0.717) is 13.1 Å². The van der Waals surface area contributed by atoms with Gasteiger partial charge in [-0.15, -0.1) is 11.6 Å². The molecule has 0 aliphatic heterocycles. The van der Waals surface area contributed by atoms with E-state index in [1.54, 1.807) is 10.8 Å². The van der Waals surface area contributed by atoms with E-state index in [4.69, 9.17) is 11.6 Å². The Hall–Kier alpha value is -0.590. The first-order chi connectivity index (χ1) is 9.03. The Morgan fingerprint density at radius 2 is 2.21 bits per heavy atom. The SMILES string of the molecule is CCn1cnc(S(=O)(=O)NCC2CCCCC2Cl)c1. The van der Waals surface area contributed by atoms with Crippen LogP contribution in [0.2, 0.25) is 0 Å². The number of nitrogens with zero attached hydrogens (tertiary/aromatic N) is 2. The molecule has 1 aliphatic rings. The topological polar surface area (TPSA) is 64.0 Å². The van der Waals surface area contributed by atoms with Crippen molar-refractivity contribution in [2.24, 2.45) is 5.92 Å². The molecular weight excluding hydrogens is 286 g/mol. The standard InChI is InChI=1S/C12H20ClN3O2S/c1-2-16-8-12(14-9-16)19(17,18)15-7-10-5-3-4-6-11(10)13/h8-11,15H,2-7H2,1H3. The van der Waals surface area contributed by atoms with Crippen molar-refractivity contribution in [3.63, 3.8) is 0 Å². The second-order valence-electron chi connectivity index (χ2n) is 4.95. The van der Waals surface area contributed by atoms with Gasteiger partial charge in [0.2, 0.25) is 0 Å². The molecule has 5 nitrogen and oxygen atoms in total. The van der Waals surface area contributed by atoms with Gasteiger partial charge in [-0.2, -0.15) is 0 Å². The van der Waals surface area contributed by atoms with Crippen molar-refractivity contribution < 1.29 is 8.42 Å². The van der Waals surface area contributed by atoms with E-state index in [1.165, 1.54) is 6.33 Å². The number of halogens is 1. The van der Waals surface area contributed by atoms with Gasteiger partial charge in [0.15, 0.2) is 5.03 Å². The third-order valence-corrected chi connectivity index (χ3v) is 5.48. The van der Waals surface area contributed by atoms with E-state index < -0.39 is 10.0 Å². The number of aryl methyl sites for hydroxylation is 1. The molecule has 1 heterocycles. The van der Waals surface area contributed by atoms with Gasteiger partial charge in [-0.05, 0) is 25.7 Å². The molecule has 1 aromatic heterocycles. The number of hydrogen-bond acceptors (Lipinski definition) is 3. The molecule has 2 rings (SSSR count). The molecule has 1 aromatic rings. The summed E-state index contributed by atoms with van der Waals surface area (Å²) in [5.74, 6) is 0.221. The molecule has 2 unspecified atom stereocenters. The number of sulfonamides is 1. The summed E-state index contributed by atoms with van der Waals surface area (Å²) in [5.41, 5.74) is 0. The minimum absolute atomic E-state index is 0.0737. The van der Waals surface area contributed by atoms with Crippen LogP contribution in [0.5, 0.6) is 0 Å². The monoisotopic (exact) mass is 305 g/mol. The smallest absolute Gasteiger partial charge is 0.259 e. The molecule has 0 spiro atoms. The van der Waals surface area contributed by atoms with Crippen molar-refractivity contribution in [3.8, 4) is 0 Å². The number of rotatable bonds is 5. The lowest BCUT2D eigenvalue weighted by Gasteiger charge is -2.26. The summed E-state index contributed by atoms with van der Waals surface area (Å²) in [4.78, 5) is 3.92. The van der Waals surface area contributed by atoms with Gasteiger partial charge >= 0.3 is 0 Å². The fourth-order valence-corrected chi connectivity index (χ4v) is 3.75. The Morgan fingerprint density at radius 3 is 2.84 bits per heavy atom. The zero-order valence-electron chi connectivity index (χ0n) is 11.0. The van der Waals surface area contributed by atoms with Crippen LogP contribution in [0.4, 0.5) is 0 Å². The van der Waals surface area contributed by atoms with Crippen LogP contribution in [0.25, 0.3) is 0 Å². The number of aromatic nitrogens is 2. The summed E-state index contributed by atoms with van der Waals surface area (Å²) in [5, 5.41) is 0.154. The summed E-state index contributed by atoms with van der Waals surface area (Å²) in [6.45, 7) is 3.04. The van der Waals surface area contributed by atoms with Gasteiger partial charge in [0.05, 0.1) is 6.33 Å². The molecule has 1 aliphatic carbocycles. The Morgan fingerprint density at radius 1 is 1.47 bits per heavy atom. The maximum Gasteiger partial charge on any atom is 0.259 e. The van der Waals surface area contributed by atoms with Crippen LogP contribution in [-0.4, -0.2) is 29.9 Å². The van der Waals surface area contributed by atoms with Crippen molar-refractivity contribution >= 4 is 21.6 Å². The molecule has 0 aromatic carbocycles. The van der Waals surface area contributed by atoms with Crippen molar-refractivity contribution in [1.29, 1.82) is 0 Å². The summed E-state index contributed by atoms with van der Waals surface area (Å²) < 4.78 is 28.5. The molecule has 0 radical (unpaired) electrons. The Kier molecular flexibility index (Phi) is 4.86. The fourth-order valence-electron chi connectivity index (χ4n) is 2.33. The van der Waals surface area contributed by atoms with Crippen LogP contribution >= 0.6 is 11.6 Å². The first-order valence-corrected chi connectivity index (χ1v) is 8.60. The van der Waals surface area contributed by atoms with Gasteiger partial charge in [0.1, 0.15) is 0 Å². The zero-order valence-corrected chi connectivity index (χ0v) is 12.6. The van der Waals surface area contributed by atoms with Crippen molar-refractivity contribution in [3.05, 3.63) is 12.5 Å². The molecular formula is C12H20ClN3O2S. The van der Waals surface area contributed by atoms with E-state index >= 15 is 0 Å². The highest BCUT2D eigenvalue weighted by Gasteiger charge is 2.25. The van der Waals surface area contributed by atoms with E-state index in [0.717, 1.165) is 25.7 Å². The van der Waals surface area contributed by atoms with Gasteiger partial charge in [0, 0.05) is 24.7 Å². The van der Waals surface area contributed by atoms with Gasteiger partial charge < -0.3 is 4.57 Å². The fraction of sp³-hybridized carbons (Fsp3) is 0.750. The Labute approximate surface area is 119 Å². The molecule has 19 heavy (non-hydrogen) atoms. The summed E-state index contributed by atoms with van der Waals surface area (Å²) in [7, 11) is -3.51. The molecule has 1 saturated carbocycles. The van der Waals surface area contributed by atoms with Crippen molar-refractivity contribution in [1.82, 2.24) is 14.3 Å². The van der Waals surface area contributed by atoms with Crippen LogP contribution in [0.15, 0.2) is 17.6 Å². The Balaban J connectivity index is 1.97. The molecule has 0 saturated heterocycles. The highest BCUT2D eigenvalue weighted by atomic mass is 35.5. The minimum atomic E-state index is -3.51. The van der Waals surface area contributed by atoms with E-state index in [2.05, 4.69) is 9.71 Å². The molecule has 1 fully saturated rings. The maximum absolute atomic E-state index is 12.1. The van der Waals surface area contributed by atoms with Crippen LogP contribution < -0.4 is 4.72 Å². The molecule has 0 bridgehead atoms. The van der Waals surface area contributed by atoms with Crippen LogP contribution in [-0.2, 0) is 16.6 Å². The molecule has 0 amide bonds. The lowest BCUT2D eigenvalue weighted by molar-refractivity contribution is 0.364. The second kappa shape index (κ2) is 6.24. The third-order valence-electron chi connectivity index (χ3n) is 3.60. The first kappa shape index (κ1) is 14.8. The van der Waals surface area contributed by atoms with Gasteiger partial charge in [-0.1, -0.05) is 12.8 Å². The summed E-state index contributed by atoms with van der Waals surface area (Å²) >= 11 is 6.23. The minimum Gasteiger partial charge on any atom is -0.336 e. The predicted molar refractivity (Wildman–Crippen MR) is 74.7 cm³/mol. The third kappa shape index (κ3) is 3.70. The molecule has 1 N–H and O–H groups in total. The Bertz CT molecular complexity index is 515. The number of alkyl halides is 1. The predicted octanol–water partition coefficient (Wildman–Crippen LogP) is 1.98. The van der Waals surface area contributed by atoms with Crippen LogP contribution in [0.3, 0.4) is 0 Å². The number of hydrogen-bond donors (Lipinski definition) is 1. The normalized spacial score (nSPS) is 24.5. The summed E-state index contributed by atoms with van der Waals surface area (Å²) in [6.07, 6.45) is 7.29. The average Bonchev–Trinajstić information content (AvgIpc) is 2.87. The van der Waals surface area contributed by atoms with Crippen LogP contribution in [0, 0.1) is 5.92 Å². The van der Waals surface area contributed by atoms with E-state index in [9.17, 15) is 8.42 Å². The van der Waals surface area contributed by atoms with Gasteiger partial charge in [-0.25, -0.2) is 18.1 Å². The average molecular weight is 306 g/mol. The lowest BCUT2D eigenvalue weighted by Crippen LogP contribution is -2.34. The lowest BCUT2D eigenvalue weighted by atomic mass is 9.89. The van der Waals surface area contributed by atoms with Crippen molar-refractivity contribution in [2.45, 2.75) is 49.6 Å². The molecule has 108 valence electrons. The molecule has 7 heteroatoms. The zero-order chi connectivity index (χ0) is 13.9. The van der Waals surface area contributed by atoms with Crippen LogP contribution in [0.1, 0.15) is 32.6 Å². The second-order valence-corrected chi connectivity index (χ2v) is 7.23. The number of nitrogens with one attached hydrogen (secondary N) is 1. The van der Waals surface area contributed by atoms with Crippen molar-refractivity contribution in [2.75, 3.05) is 6.54 Å². The maximum atomic E-state index is 12.1. The summed E-state index contributed by atoms with van der Waals surface area (Å²) in [6, 6.07) is 0. The highest BCUT2D eigenvalue weighted by Crippen LogP contribution is 2.28. The number of imidazole rings is 1. The largest absolute Gasteiger partial charge is 0.336 e. The molecule has 2 atom stereocenters. The van der Waals surface area contributed by atoms with E-state index in [1.807, 2.05) is 6.92 Å². The van der Waals surface area contributed by atoms with Gasteiger partial charge in [0.25, 0.3) is 10.0 Å². The quantitative estimate of drug-likeness (QED) is 0.846. The van der Waals surface area contributed by atoms with E-state index in [-0.39, 0.29) is 16.3 Å². The first-order valence-electron chi connectivity index (χ1n) is 6.68.